The van der Waals surface area contributed by atoms with Crippen LogP contribution in [0.3, 0.4) is 0 Å². The first-order valence-electron chi connectivity index (χ1n) is 5.66. The van der Waals surface area contributed by atoms with E-state index in [2.05, 4.69) is 26.3 Å². The van der Waals surface area contributed by atoms with E-state index in [-0.39, 0.29) is 5.91 Å². The number of carbonyl (C=O) groups is 1. The fraction of sp³-hybridized carbons (Fsp3) is 0.231. The average molecular weight is 324 g/mol. The number of amides is 1. The lowest BCUT2D eigenvalue weighted by molar-refractivity contribution is 0.102. The molecule has 2 rings (SSSR count). The standard InChI is InChI=1S/C13H14BrN3O2/c1-8-11(7-17(2)16-8)15-13(18)9-4-5-12(19-3)10(14)6-9/h4-7H,1-3H3,(H,15,18). The molecule has 2 aromatic rings. The summed E-state index contributed by atoms with van der Waals surface area (Å²) in [6.07, 6.45) is 1.77. The molecule has 0 saturated heterocycles. The lowest BCUT2D eigenvalue weighted by Gasteiger charge is -2.07. The topological polar surface area (TPSA) is 56.1 Å². The van der Waals surface area contributed by atoms with Gasteiger partial charge in [0.1, 0.15) is 5.75 Å². The molecule has 0 atom stereocenters. The largest absolute Gasteiger partial charge is 0.496 e. The second kappa shape index (κ2) is 5.44. The quantitative estimate of drug-likeness (QED) is 0.944. The van der Waals surface area contributed by atoms with Crippen molar-refractivity contribution in [3.63, 3.8) is 0 Å². The summed E-state index contributed by atoms with van der Waals surface area (Å²) in [5, 5.41) is 7.00. The van der Waals surface area contributed by atoms with Crippen molar-refractivity contribution in [1.82, 2.24) is 9.78 Å². The van der Waals surface area contributed by atoms with Crippen molar-refractivity contribution in [2.24, 2.45) is 7.05 Å². The summed E-state index contributed by atoms with van der Waals surface area (Å²) in [5.74, 6) is 0.508. The lowest BCUT2D eigenvalue weighted by Crippen LogP contribution is -2.12. The summed E-state index contributed by atoms with van der Waals surface area (Å²) >= 11 is 3.36. The predicted molar refractivity (Wildman–Crippen MR) is 76.6 cm³/mol. The summed E-state index contributed by atoms with van der Waals surface area (Å²) in [7, 11) is 3.39. The smallest absolute Gasteiger partial charge is 0.255 e. The molecule has 0 radical (unpaired) electrons. The van der Waals surface area contributed by atoms with E-state index in [1.807, 2.05) is 14.0 Å². The van der Waals surface area contributed by atoms with Gasteiger partial charge in [-0.15, -0.1) is 0 Å². The van der Waals surface area contributed by atoms with E-state index >= 15 is 0 Å². The van der Waals surface area contributed by atoms with Crippen LogP contribution in [0, 0.1) is 6.92 Å². The Bertz CT molecular complexity index is 622. The first-order valence-corrected chi connectivity index (χ1v) is 6.45. The fourth-order valence-corrected chi connectivity index (χ4v) is 2.27. The number of methoxy groups -OCH3 is 1. The molecule has 0 spiro atoms. The maximum absolute atomic E-state index is 12.1. The van der Waals surface area contributed by atoms with Crippen molar-refractivity contribution in [3.8, 4) is 5.75 Å². The van der Waals surface area contributed by atoms with Gasteiger partial charge in [-0.3, -0.25) is 9.48 Å². The van der Waals surface area contributed by atoms with Crippen LogP contribution in [0.2, 0.25) is 0 Å². The van der Waals surface area contributed by atoms with Gasteiger partial charge in [0.05, 0.1) is 23.0 Å². The molecule has 1 aromatic carbocycles. The molecule has 19 heavy (non-hydrogen) atoms. The van der Waals surface area contributed by atoms with E-state index in [1.54, 1.807) is 36.2 Å². The second-order valence-electron chi connectivity index (χ2n) is 4.11. The number of benzene rings is 1. The summed E-state index contributed by atoms with van der Waals surface area (Å²) < 4.78 is 7.53. The van der Waals surface area contributed by atoms with Crippen molar-refractivity contribution >= 4 is 27.5 Å². The van der Waals surface area contributed by atoms with Crippen molar-refractivity contribution in [3.05, 3.63) is 40.1 Å². The summed E-state index contributed by atoms with van der Waals surface area (Å²) in [5.41, 5.74) is 2.04. The van der Waals surface area contributed by atoms with Gasteiger partial charge >= 0.3 is 0 Å². The number of ether oxygens (including phenoxy) is 1. The van der Waals surface area contributed by atoms with E-state index in [9.17, 15) is 4.79 Å². The molecule has 1 heterocycles. The van der Waals surface area contributed by atoms with E-state index in [0.29, 0.717) is 17.0 Å². The van der Waals surface area contributed by atoms with E-state index < -0.39 is 0 Å². The average Bonchev–Trinajstić information content (AvgIpc) is 2.67. The maximum Gasteiger partial charge on any atom is 0.255 e. The molecule has 100 valence electrons. The highest BCUT2D eigenvalue weighted by Crippen LogP contribution is 2.26. The number of nitrogens with one attached hydrogen (secondary N) is 1. The molecular formula is C13H14BrN3O2. The number of hydrogen-bond donors (Lipinski definition) is 1. The molecule has 1 aromatic heterocycles. The first kappa shape index (κ1) is 13.6. The van der Waals surface area contributed by atoms with Crippen LogP contribution < -0.4 is 10.1 Å². The van der Waals surface area contributed by atoms with E-state index in [1.165, 1.54) is 0 Å². The molecule has 1 N–H and O–H groups in total. The third-order valence-corrected chi connectivity index (χ3v) is 3.30. The van der Waals surface area contributed by atoms with Gasteiger partial charge < -0.3 is 10.1 Å². The molecule has 0 aliphatic heterocycles. The van der Waals surface area contributed by atoms with Crippen LogP contribution in [-0.2, 0) is 7.05 Å². The zero-order valence-electron chi connectivity index (χ0n) is 10.9. The van der Waals surface area contributed by atoms with Crippen LogP contribution in [0.4, 0.5) is 5.69 Å². The Morgan fingerprint density at radius 3 is 2.74 bits per heavy atom. The summed E-state index contributed by atoms with van der Waals surface area (Å²) in [6.45, 7) is 1.85. The molecule has 0 bridgehead atoms. The number of anilines is 1. The number of aromatic nitrogens is 2. The van der Waals surface area contributed by atoms with Crippen LogP contribution in [0.1, 0.15) is 16.1 Å². The number of aryl methyl sites for hydroxylation is 2. The van der Waals surface area contributed by atoms with Crippen molar-refractivity contribution < 1.29 is 9.53 Å². The Balaban J connectivity index is 2.20. The Morgan fingerprint density at radius 2 is 2.21 bits per heavy atom. The molecule has 1 amide bonds. The monoisotopic (exact) mass is 323 g/mol. The van der Waals surface area contributed by atoms with Crippen LogP contribution in [0.5, 0.6) is 5.75 Å². The number of halogens is 1. The molecule has 0 unspecified atom stereocenters. The molecule has 0 aliphatic carbocycles. The Labute approximate surface area is 119 Å². The minimum absolute atomic E-state index is 0.181. The predicted octanol–water partition coefficient (Wildman–Crippen LogP) is 2.75. The zero-order chi connectivity index (χ0) is 14.0. The second-order valence-corrected chi connectivity index (χ2v) is 4.96. The number of hydrogen-bond acceptors (Lipinski definition) is 3. The van der Waals surface area contributed by atoms with Crippen molar-refractivity contribution in [2.75, 3.05) is 12.4 Å². The highest BCUT2D eigenvalue weighted by molar-refractivity contribution is 9.10. The maximum atomic E-state index is 12.1. The van der Waals surface area contributed by atoms with Crippen molar-refractivity contribution in [2.45, 2.75) is 6.92 Å². The normalized spacial score (nSPS) is 10.3. The van der Waals surface area contributed by atoms with Crippen LogP contribution in [0.25, 0.3) is 0 Å². The molecule has 6 heteroatoms. The number of carbonyl (C=O) groups excluding carboxylic acids is 1. The zero-order valence-corrected chi connectivity index (χ0v) is 12.5. The highest BCUT2D eigenvalue weighted by Gasteiger charge is 2.11. The van der Waals surface area contributed by atoms with E-state index in [0.717, 1.165) is 10.2 Å². The third kappa shape index (κ3) is 2.96. The molecule has 0 saturated carbocycles. The SMILES string of the molecule is COc1ccc(C(=O)Nc2cn(C)nc2C)cc1Br. The van der Waals surface area contributed by atoms with Gasteiger partial charge in [-0.05, 0) is 41.1 Å². The first-order chi connectivity index (χ1) is 9.01. The van der Waals surface area contributed by atoms with Gasteiger partial charge in [0.15, 0.2) is 0 Å². The number of rotatable bonds is 3. The fourth-order valence-electron chi connectivity index (χ4n) is 1.72. The van der Waals surface area contributed by atoms with Gasteiger partial charge in [-0.1, -0.05) is 0 Å². The van der Waals surface area contributed by atoms with Gasteiger partial charge in [-0.25, -0.2) is 0 Å². The molecule has 0 fully saturated rings. The van der Waals surface area contributed by atoms with Crippen LogP contribution in [-0.4, -0.2) is 22.8 Å². The minimum atomic E-state index is -0.181. The summed E-state index contributed by atoms with van der Waals surface area (Å²) in [4.78, 5) is 12.1. The summed E-state index contributed by atoms with van der Waals surface area (Å²) in [6, 6.07) is 5.18. The Hall–Kier alpha value is -1.82. The van der Waals surface area contributed by atoms with Crippen molar-refractivity contribution in [1.29, 1.82) is 0 Å². The van der Waals surface area contributed by atoms with Crippen LogP contribution in [0.15, 0.2) is 28.9 Å². The van der Waals surface area contributed by atoms with Gasteiger partial charge in [0.2, 0.25) is 0 Å². The molecule has 5 nitrogen and oxygen atoms in total. The highest BCUT2D eigenvalue weighted by atomic mass is 79.9. The van der Waals surface area contributed by atoms with Gasteiger partial charge in [-0.2, -0.15) is 5.10 Å². The van der Waals surface area contributed by atoms with Gasteiger partial charge in [0.25, 0.3) is 5.91 Å². The van der Waals surface area contributed by atoms with Gasteiger partial charge in [0, 0.05) is 18.8 Å². The Kier molecular flexibility index (Phi) is 3.90. The lowest BCUT2D eigenvalue weighted by atomic mass is 10.2. The Morgan fingerprint density at radius 1 is 1.47 bits per heavy atom. The molecule has 0 aliphatic rings. The molecular weight excluding hydrogens is 310 g/mol. The van der Waals surface area contributed by atoms with Crippen LogP contribution >= 0.6 is 15.9 Å². The minimum Gasteiger partial charge on any atom is -0.496 e. The van der Waals surface area contributed by atoms with E-state index in [4.69, 9.17) is 4.74 Å². The number of nitrogens with zero attached hydrogens (tertiary/aromatic N) is 2. The third-order valence-electron chi connectivity index (χ3n) is 2.68.